The van der Waals surface area contributed by atoms with Crippen molar-refractivity contribution >= 4 is 16.0 Å². The predicted octanol–water partition coefficient (Wildman–Crippen LogP) is 1.06. The Hall–Kier alpha value is -1.67. The summed E-state index contributed by atoms with van der Waals surface area (Å²) in [6, 6.07) is 6.77. The van der Waals surface area contributed by atoms with E-state index in [0.29, 0.717) is 38.6 Å². The molecular formula is C17H25FN4O2S. The largest absolute Gasteiger partial charge is 0.356 e. The predicted molar refractivity (Wildman–Crippen MR) is 96.7 cm³/mol. The molecule has 2 fully saturated rings. The fraction of sp³-hybridized carbons (Fsp3) is 0.588. The van der Waals surface area contributed by atoms with Crippen LogP contribution in [-0.2, 0) is 15.4 Å². The van der Waals surface area contributed by atoms with Crippen molar-refractivity contribution in [1.82, 2.24) is 14.9 Å². The average molecular weight is 368 g/mol. The van der Waals surface area contributed by atoms with Gasteiger partial charge in [0.05, 0.1) is 5.75 Å². The minimum absolute atomic E-state index is 0.0298. The first-order valence-electron chi connectivity index (χ1n) is 8.64. The van der Waals surface area contributed by atoms with Gasteiger partial charge in [0.2, 0.25) is 10.0 Å². The van der Waals surface area contributed by atoms with Crippen LogP contribution in [0.5, 0.6) is 0 Å². The Morgan fingerprint density at radius 3 is 2.76 bits per heavy atom. The van der Waals surface area contributed by atoms with E-state index in [-0.39, 0.29) is 17.0 Å². The van der Waals surface area contributed by atoms with Crippen molar-refractivity contribution in [3.05, 3.63) is 35.6 Å². The van der Waals surface area contributed by atoms with E-state index in [1.54, 1.807) is 19.2 Å². The minimum atomic E-state index is -3.06. The number of halogens is 1. The number of rotatable bonds is 6. The van der Waals surface area contributed by atoms with Gasteiger partial charge in [0.15, 0.2) is 5.96 Å². The molecule has 1 heterocycles. The first kappa shape index (κ1) is 18.1. The van der Waals surface area contributed by atoms with Crippen molar-refractivity contribution in [1.29, 1.82) is 0 Å². The number of sulfonamides is 1. The molecule has 0 atom stereocenters. The van der Waals surface area contributed by atoms with Gasteiger partial charge in [-0.25, -0.2) is 17.1 Å². The zero-order valence-corrected chi connectivity index (χ0v) is 15.3. The van der Waals surface area contributed by atoms with Gasteiger partial charge in [-0.15, -0.1) is 0 Å². The summed E-state index contributed by atoms with van der Waals surface area (Å²) < 4.78 is 38.5. The zero-order chi connectivity index (χ0) is 17.9. The van der Waals surface area contributed by atoms with Crippen LogP contribution in [0.15, 0.2) is 29.3 Å². The van der Waals surface area contributed by atoms with Crippen molar-refractivity contribution in [2.45, 2.75) is 24.7 Å². The van der Waals surface area contributed by atoms with Crippen LogP contribution >= 0.6 is 0 Å². The van der Waals surface area contributed by atoms with Gasteiger partial charge in [-0.3, -0.25) is 4.99 Å². The average Bonchev–Trinajstić information content (AvgIpc) is 3.30. The SMILES string of the molecule is CN=C(NCCN1CCCS1(=O)=O)NCC1(c2cccc(F)c2)CC1. The summed E-state index contributed by atoms with van der Waals surface area (Å²) in [5.41, 5.74) is 0.983. The molecule has 0 aromatic heterocycles. The Balaban J connectivity index is 1.48. The number of hydrogen-bond donors (Lipinski definition) is 2. The van der Waals surface area contributed by atoms with Gasteiger partial charge in [0.1, 0.15) is 5.82 Å². The molecular weight excluding hydrogens is 343 g/mol. The van der Waals surface area contributed by atoms with E-state index in [0.717, 1.165) is 18.4 Å². The van der Waals surface area contributed by atoms with E-state index >= 15 is 0 Å². The third-order valence-corrected chi connectivity index (χ3v) is 6.92. The van der Waals surface area contributed by atoms with Crippen molar-refractivity contribution in [3.8, 4) is 0 Å². The lowest BCUT2D eigenvalue weighted by atomic mass is 9.96. The monoisotopic (exact) mass is 368 g/mol. The van der Waals surface area contributed by atoms with Crippen molar-refractivity contribution in [2.24, 2.45) is 4.99 Å². The summed E-state index contributed by atoms with van der Waals surface area (Å²) in [5.74, 6) is 0.674. The summed E-state index contributed by atoms with van der Waals surface area (Å²) in [4.78, 5) is 4.18. The lowest BCUT2D eigenvalue weighted by molar-refractivity contribution is 0.444. The summed E-state index contributed by atoms with van der Waals surface area (Å²) in [7, 11) is -1.38. The maximum Gasteiger partial charge on any atom is 0.214 e. The fourth-order valence-corrected chi connectivity index (χ4v) is 4.78. The topological polar surface area (TPSA) is 73.8 Å². The molecule has 1 aliphatic carbocycles. The molecule has 1 saturated carbocycles. The van der Waals surface area contributed by atoms with Gasteiger partial charge in [-0.2, -0.15) is 0 Å². The van der Waals surface area contributed by atoms with Crippen LogP contribution in [0.4, 0.5) is 4.39 Å². The molecule has 25 heavy (non-hydrogen) atoms. The third kappa shape index (κ3) is 4.30. The number of benzene rings is 1. The number of nitrogens with zero attached hydrogens (tertiary/aromatic N) is 2. The van der Waals surface area contributed by atoms with Gasteiger partial charge < -0.3 is 10.6 Å². The lowest BCUT2D eigenvalue weighted by Crippen LogP contribution is -2.44. The highest BCUT2D eigenvalue weighted by Crippen LogP contribution is 2.47. The Morgan fingerprint density at radius 2 is 2.16 bits per heavy atom. The van der Waals surface area contributed by atoms with Gasteiger partial charge in [0, 0.05) is 38.6 Å². The van der Waals surface area contributed by atoms with E-state index < -0.39 is 10.0 Å². The van der Waals surface area contributed by atoms with E-state index in [1.807, 2.05) is 6.07 Å². The highest BCUT2D eigenvalue weighted by Gasteiger charge is 2.44. The molecule has 6 nitrogen and oxygen atoms in total. The molecule has 2 N–H and O–H groups in total. The van der Waals surface area contributed by atoms with Crippen molar-refractivity contribution < 1.29 is 12.8 Å². The molecule has 0 unspecified atom stereocenters. The molecule has 1 aromatic rings. The zero-order valence-electron chi connectivity index (χ0n) is 14.5. The Kier molecular flexibility index (Phi) is 5.29. The standard InChI is InChI=1S/C17H25FN4O2S/c1-19-16(20-8-10-22-9-3-11-25(22,23)24)21-13-17(6-7-17)14-4-2-5-15(18)12-14/h2,4-5,12H,3,6-11,13H2,1H3,(H2,19,20,21). The van der Waals surface area contributed by atoms with Crippen LogP contribution in [-0.4, -0.2) is 57.7 Å². The second-order valence-electron chi connectivity index (χ2n) is 6.71. The van der Waals surface area contributed by atoms with Crippen LogP contribution in [0.3, 0.4) is 0 Å². The first-order chi connectivity index (χ1) is 12.0. The van der Waals surface area contributed by atoms with E-state index in [1.165, 1.54) is 10.4 Å². The van der Waals surface area contributed by atoms with Crippen molar-refractivity contribution in [2.75, 3.05) is 39.0 Å². The quantitative estimate of drug-likeness (QED) is 0.582. The molecule has 138 valence electrons. The van der Waals surface area contributed by atoms with Crippen LogP contribution < -0.4 is 10.6 Å². The summed E-state index contributed by atoms with van der Waals surface area (Å²) in [6.45, 7) is 2.22. The van der Waals surface area contributed by atoms with E-state index in [2.05, 4.69) is 15.6 Å². The highest BCUT2D eigenvalue weighted by molar-refractivity contribution is 7.89. The Bertz CT molecular complexity index is 747. The maximum absolute atomic E-state index is 13.5. The maximum atomic E-state index is 13.5. The number of hydrogen-bond acceptors (Lipinski definition) is 3. The van der Waals surface area contributed by atoms with Gasteiger partial charge in [-0.1, -0.05) is 12.1 Å². The van der Waals surface area contributed by atoms with Crippen molar-refractivity contribution in [3.63, 3.8) is 0 Å². The molecule has 8 heteroatoms. The van der Waals surface area contributed by atoms with E-state index in [9.17, 15) is 12.8 Å². The lowest BCUT2D eigenvalue weighted by Gasteiger charge is -2.20. The summed E-state index contributed by atoms with van der Waals surface area (Å²) >= 11 is 0. The van der Waals surface area contributed by atoms with Crippen LogP contribution in [0.2, 0.25) is 0 Å². The second kappa shape index (κ2) is 7.29. The minimum Gasteiger partial charge on any atom is -0.356 e. The molecule has 0 bridgehead atoms. The molecule has 1 aliphatic heterocycles. The molecule has 0 radical (unpaired) electrons. The van der Waals surface area contributed by atoms with Crippen LogP contribution in [0.25, 0.3) is 0 Å². The molecule has 0 amide bonds. The Morgan fingerprint density at radius 1 is 1.36 bits per heavy atom. The first-order valence-corrected chi connectivity index (χ1v) is 10.2. The molecule has 2 aliphatic rings. The smallest absolute Gasteiger partial charge is 0.214 e. The third-order valence-electron chi connectivity index (χ3n) is 4.97. The van der Waals surface area contributed by atoms with Gasteiger partial charge >= 0.3 is 0 Å². The molecule has 1 saturated heterocycles. The Labute approximate surface area is 148 Å². The number of aliphatic imine (C=N–C) groups is 1. The van der Waals surface area contributed by atoms with Crippen LogP contribution in [0.1, 0.15) is 24.8 Å². The number of guanidine groups is 1. The molecule has 0 spiro atoms. The normalized spacial score (nSPS) is 21.9. The molecule has 3 rings (SSSR count). The van der Waals surface area contributed by atoms with E-state index in [4.69, 9.17) is 0 Å². The molecule has 1 aromatic carbocycles. The highest BCUT2D eigenvalue weighted by atomic mass is 32.2. The fourth-order valence-electron chi connectivity index (χ4n) is 3.25. The summed E-state index contributed by atoms with van der Waals surface area (Å²) in [6.07, 6.45) is 2.74. The number of nitrogens with one attached hydrogen (secondary N) is 2. The van der Waals surface area contributed by atoms with Gasteiger partial charge in [-0.05, 0) is 37.0 Å². The second-order valence-corrected chi connectivity index (χ2v) is 8.80. The van der Waals surface area contributed by atoms with Crippen LogP contribution in [0, 0.1) is 5.82 Å². The summed E-state index contributed by atoms with van der Waals surface area (Å²) in [5, 5.41) is 6.44. The van der Waals surface area contributed by atoms with Gasteiger partial charge in [0.25, 0.3) is 0 Å².